The zero-order chi connectivity index (χ0) is 17.2. The Morgan fingerprint density at radius 3 is 2.38 bits per heavy atom. The predicted molar refractivity (Wildman–Crippen MR) is 101 cm³/mol. The zero-order valence-electron chi connectivity index (χ0n) is 15.0. The van der Waals surface area contributed by atoms with Crippen molar-refractivity contribution in [1.29, 1.82) is 0 Å². The molecule has 3 nitrogen and oxygen atoms in total. The van der Waals surface area contributed by atoms with Crippen LogP contribution < -0.4 is 14.8 Å². The molecule has 0 spiro atoms. The van der Waals surface area contributed by atoms with Gasteiger partial charge >= 0.3 is 0 Å². The van der Waals surface area contributed by atoms with E-state index in [-0.39, 0.29) is 0 Å². The fourth-order valence-corrected chi connectivity index (χ4v) is 2.28. The molecule has 2 aromatic carbocycles. The first-order valence-electron chi connectivity index (χ1n) is 8.86. The maximum atomic E-state index is 5.80. The van der Waals surface area contributed by atoms with Gasteiger partial charge in [0.1, 0.15) is 11.5 Å². The number of benzene rings is 2. The molecule has 0 heterocycles. The molecular weight excluding hydrogens is 298 g/mol. The first kappa shape index (κ1) is 18.2. The average molecular weight is 327 g/mol. The minimum Gasteiger partial charge on any atom is -0.494 e. The highest BCUT2D eigenvalue weighted by Gasteiger charge is 2.03. The molecule has 0 aliphatic rings. The largest absolute Gasteiger partial charge is 0.494 e. The Labute approximate surface area is 146 Å². The fraction of sp³-hybridized carbons (Fsp3) is 0.429. The third-order valence-electron chi connectivity index (χ3n) is 3.74. The Balaban J connectivity index is 1.86. The van der Waals surface area contributed by atoms with Gasteiger partial charge in [-0.15, -0.1) is 0 Å². The third kappa shape index (κ3) is 6.15. The second-order valence-electron chi connectivity index (χ2n) is 6.37. The normalized spacial score (nSPS) is 10.7. The van der Waals surface area contributed by atoms with Crippen LogP contribution in [0.15, 0.2) is 48.5 Å². The molecule has 2 aromatic rings. The highest BCUT2D eigenvalue weighted by molar-refractivity contribution is 5.47. The summed E-state index contributed by atoms with van der Waals surface area (Å²) >= 11 is 0. The quantitative estimate of drug-likeness (QED) is 0.624. The summed E-state index contributed by atoms with van der Waals surface area (Å²) in [6, 6.07) is 16.3. The Bertz CT molecular complexity index is 593. The van der Waals surface area contributed by atoms with E-state index in [1.54, 1.807) is 0 Å². The van der Waals surface area contributed by atoms with Crippen LogP contribution in [0.3, 0.4) is 0 Å². The van der Waals surface area contributed by atoms with Crippen molar-refractivity contribution in [3.8, 4) is 11.5 Å². The van der Waals surface area contributed by atoms with E-state index >= 15 is 0 Å². The number of ether oxygens (including phenoxy) is 2. The van der Waals surface area contributed by atoms with Crippen LogP contribution in [0.1, 0.15) is 39.2 Å². The fourth-order valence-electron chi connectivity index (χ4n) is 2.28. The summed E-state index contributed by atoms with van der Waals surface area (Å²) in [7, 11) is 0. The predicted octanol–water partition coefficient (Wildman–Crippen LogP) is 5.51. The van der Waals surface area contributed by atoms with Gasteiger partial charge < -0.3 is 14.8 Å². The van der Waals surface area contributed by atoms with Gasteiger partial charge in [-0.1, -0.05) is 39.0 Å². The lowest BCUT2D eigenvalue weighted by Crippen LogP contribution is -2.04. The molecule has 0 atom stereocenters. The number of anilines is 1. The number of para-hydroxylation sites is 1. The standard InChI is InChI=1S/C21H29NO2/c1-4-14-24-21-8-6-5-7-18(21)16-22-19-9-11-20(12-10-19)23-15-13-17(2)3/h5-12,17,22H,4,13-16H2,1-3H3. The molecule has 3 heteroatoms. The SMILES string of the molecule is CCCOc1ccccc1CNc1ccc(OCCC(C)C)cc1. The summed E-state index contributed by atoms with van der Waals surface area (Å²) in [5, 5.41) is 3.44. The lowest BCUT2D eigenvalue weighted by Gasteiger charge is -2.13. The van der Waals surface area contributed by atoms with Crippen LogP contribution in [-0.4, -0.2) is 13.2 Å². The lowest BCUT2D eigenvalue weighted by atomic mass is 10.1. The van der Waals surface area contributed by atoms with Crippen molar-refractivity contribution in [2.24, 2.45) is 5.92 Å². The van der Waals surface area contributed by atoms with Gasteiger partial charge in [0.2, 0.25) is 0 Å². The third-order valence-corrected chi connectivity index (χ3v) is 3.74. The van der Waals surface area contributed by atoms with Crippen LogP contribution in [0.4, 0.5) is 5.69 Å². The topological polar surface area (TPSA) is 30.5 Å². The van der Waals surface area contributed by atoms with Crippen LogP contribution in [0.25, 0.3) is 0 Å². The number of hydrogen-bond acceptors (Lipinski definition) is 3. The van der Waals surface area contributed by atoms with Gasteiger partial charge in [0.25, 0.3) is 0 Å². The van der Waals surface area contributed by atoms with Crippen LogP contribution in [0.5, 0.6) is 11.5 Å². The van der Waals surface area contributed by atoms with Gasteiger partial charge in [0.05, 0.1) is 13.2 Å². The highest BCUT2D eigenvalue weighted by Crippen LogP contribution is 2.21. The summed E-state index contributed by atoms with van der Waals surface area (Å²) in [4.78, 5) is 0. The minimum absolute atomic E-state index is 0.668. The Hall–Kier alpha value is -2.16. The van der Waals surface area contributed by atoms with Crippen LogP contribution in [0.2, 0.25) is 0 Å². The van der Waals surface area contributed by atoms with Gasteiger partial charge in [0.15, 0.2) is 0 Å². The summed E-state index contributed by atoms with van der Waals surface area (Å²) in [6.45, 7) is 8.79. The van der Waals surface area contributed by atoms with Crippen molar-refractivity contribution in [1.82, 2.24) is 0 Å². The smallest absolute Gasteiger partial charge is 0.124 e. The molecule has 0 saturated heterocycles. The van der Waals surface area contributed by atoms with E-state index in [1.807, 2.05) is 30.3 Å². The number of rotatable bonds is 10. The van der Waals surface area contributed by atoms with E-state index < -0.39 is 0 Å². The molecule has 24 heavy (non-hydrogen) atoms. The van der Waals surface area contributed by atoms with E-state index in [4.69, 9.17) is 9.47 Å². The van der Waals surface area contributed by atoms with Crippen molar-refractivity contribution in [2.45, 2.75) is 40.2 Å². The first-order valence-corrected chi connectivity index (χ1v) is 8.86. The number of hydrogen-bond donors (Lipinski definition) is 1. The monoisotopic (exact) mass is 327 g/mol. The average Bonchev–Trinajstić information content (AvgIpc) is 2.59. The van der Waals surface area contributed by atoms with Crippen molar-refractivity contribution in [2.75, 3.05) is 18.5 Å². The minimum atomic E-state index is 0.668. The molecule has 0 saturated carbocycles. The molecular formula is C21H29NO2. The molecule has 0 aromatic heterocycles. The van der Waals surface area contributed by atoms with Gasteiger partial charge in [-0.3, -0.25) is 0 Å². The first-order chi connectivity index (χ1) is 11.7. The second-order valence-corrected chi connectivity index (χ2v) is 6.37. The maximum absolute atomic E-state index is 5.80. The molecule has 0 bridgehead atoms. The maximum Gasteiger partial charge on any atom is 0.124 e. The summed E-state index contributed by atoms with van der Waals surface area (Å²) < 4.78 is 11.5. The van der Waals surface area contributed by atoms with E-state index in [2.05, 4.69) is 44.3 Å². The number of nitrogens with one attached hydrogen (secondary N) is 1. The van der Waals surface area contributed by atoms with Crippen molar-refractivity contribution >= 4 is 5.69 Å². The molecule has 0 aliphatic heterocycles. The Morgan fingerprint density at radius 2 is 1.67 bits per heavy atom. The molecule has 1 N–H and O–H groups in total. The highest BCUT2D eigenvalue weighted by atomic mass is 16.5. The molecule has 0 unspecified atom stereocenters. The van der Waals surface area contributed by atoms with Crippen LogP contribution >= 0.6 is 0 Å². The van der Waals surface area contributed by atoms with Crippen molar-refractivity contribution < 1.29 is 9.47 Å². The Kier molecular flexibility index (Phi) is 7.47. The molecule has 0 amide bonds. The Morgan fingerprint density at radius 1 is 0.917 bits per heavy atom. The molecule has 130 valence electrons. The summed E-state index contributed by atoms with van der Waals surface area (Å²) in [5.41, 5.74) is 2.25. The van der Waals surface area contributed by atoms with E-state index in [9.17, 15) is 0 Å². The van der Waals surface area contributed by atoms with Crippen molar-refractivity contribution in [3.63, 3.8) is 0 Å². The van der Waals surface area contributed by atoms with Gasteiger partial charge in [-0.2, -0.15) is 0 Å². The van der Waals surface area contributed by atoms with E-state index in [0.717, 1.165) is 49.8 Å². The van der Waals surface area contributed by atoms with Crippen LogP contribution in [0, 0.1) is 5.92 Å². The van der Waals surface area contributed by atoms with Gasteiger partial charge in [-0.05, 0) is 49.1 Å². The molecule has 0 radical (unpaired) electrons. The van der Waals surface area contributed by atoms with Gasteiger partial charge in [-0.25, -0.2) is 0 Å². The molecule has 2 rings (SSSR count). The van der Waals surface area contributed by atoms with Crippen molar-refractivity contribution in [3.05, 3.63) is 54.1 Å². The van der Waals surface area contributed by atoms with E-state index in [1.165, 1.54) is 5.56 Å². The molecule has 0 aliphatic carbocycles. The lowest BCUT2D eigenvalue weighted by molar-refractivity contribution is 0.289. The molecule has 0 fully saturated rings. The van der Waals surface area contributed by atoms with E-state index in [0.29, 0.717) is 5.92 Å². The second kappa shape index (κ2) is 9.86. The zero-order valence-corrected chi connectivity index (χ0v) is 15.0. The summed E-state index contributed by atoms with van der Waals surface area (Å²) in [6.07, 6.45) is 2.09. The van der Waals surface area contributed by atoms with Crippen LogP contribution in [-0.2, 0) is 6.54 Å². The summed E-state index contributed by atoms with van der Waals surface area (Å²) in [5.74, 6) is 2.55. The van der Waals surface area contributed by atoms with Gasteiger partial charge in [0, 0.05) is 17.8 Å².